The quantitative estimate of drug-likeness (QED) is 0.788. The molecule has 6 heteroatoms. The number of hydrogen-bond acceptors (Lipinski definition) is 2. The fourth-order valence-electron chi connectivity index (χ4n) is 1.87. The fraction of sp³-hybridized carbons (Fsp3) is 0.364. The lowest BCUT2D eigenvalue weighted by Crippen LogP contribution is -2.53. The Morgan fingerprint density at radius 1 is 1.29 bits per heavy atom. The van der Waals surface area contributed by atoms with Gasteiger partial charge in [0.2, 0.25) is 11.6 Å². The van der Waals surface area contributed by atoms with E-state index >= 15 is 0 Å². The molecule has 2 rings (SSSR count). The topological polar surface area (TPSA) is 49.3 Å². The van der Waals surface area contributed by atoms with E-state index in [0.29, 0.717) is 5.56 Å². The van der Waals surface area contributed by atoms with Gasteiger partial charge in [0.1, 0.15) is 0 Å². The molecular formula is C11H10F3NO2. The number of carbonyl (C=O) groups excluding carboxylic acids is 1. The molecule has 0 saturated carbocycles. The lowest BCUT2D eigenvalue weighted by molar-refractivity contribution is -0.266. The van der Waals surface area contributed by atoms with Gasteiger partial charge in [-0.2, -0.15) is 13.2 Å². The maximum Gasteiger partial charge on any atom is 0.436 e. The van der Waals surface area contributed by atoms with E-state index in [1.807, 2.05) is 0 Å². The molecule has 0 aromatic heterocycles. The molecule has 1 aliphatic rings. The Balaban J connectivity index is 2.28. The van der Waals surface area contributed by atoms with Crippen LogP contribution in [0.15, 0.2) is 30.3 Å². The molecule has 1 amide bonds. The van der Waals surface area contributed by atoms with Gasteiger partial charge in [-0.3, -0.25) is 4.79 Å². The van der Waals surface area contributed by atoms with Gasteiger partial charge in [0, 0.05) is 6.42 Å². The fourth-order valence-corrected chi connectivity index (χ4v) is 1.87. The highest BCUT2D eigenvalue weighted by atomic mass is 19.4. The zero-order valence-electron chi connectivity index (χ0n) is 8.66. The monoisotopic (exact) mass is 245 g/mol. The van der Waals surface area contributed by atoms with E-state index in [9.17, 15) is 23.1 Å². The molecular weight excluding hydrogens is 235 g/mol. The Kier molecular flexibility index (Phi) is 2.61. The largest absolute Gasteiger partial charge is 0.436 e. The standard InChI is InChI=1S/C11H10F3NO2/c12-11(13,14)10(17)6-8(9(16)15-10)7-4-2-1-3-5-7/h1-5,8,17H,6H2,(H,15,16). The number of benzene rings is 1. The summed E-state index contributed by atoms with van der Waals surface area (Å²) in [6.45, 7) is 0. The molecule has 1 aliphatic heterocycles. The first-order valence-electron chi connectivity index (χ1n) is 4.99. The van der Waals surface area contributed by atoms with Gasteiger partial charge in [0.15, 0.2) is 0 Å². The number of aliphatic hydroxyl groups is 1. The zero-order valence-corrected chi connectivity index (χ0v) is 8.66. The van der Waals surface area contributed by atoms with Crippen LogP contribution in [0, 0.1) is 0 Å². The smallest absolute Gasteiger partial charge is 0.363 e. The summed E-state index contributed by atoms with van der Waals surface area (Å²) >= 11 is 0. The normalized spacial score (nSPS) is 29.2. The Bertz CT molecular complexity index is 432. The summed E-state index contributed by atoms with van der Waals surface area (Å²) in [4.78, 5) is 11.5. The third-order valence-corrected chi connectivity index (χ3v) is 2.82. The van der Waals surface area contributed by atoms with Crippen molar-refractivity contribution in [2.24, 2.45) is 0 Å². The van der Waals surface area contributed by atoms with Crippen LogP contribution in [-0.2, 0) is 4.79 Å². The Labute approximate surface area is 95.3 Å². The summed E-state index contributed by atoms with van der Waals surface area (Å²) in [6.07, 6.45) is -5.56. The second kappa shape index (κ2) is 3.73. The van der Waals surface area contributed by atoms with E-state index in [2.05, 4.69) is 0 Å². The number of nitrogens with one attached hydrogen (secondary N) is 1. The van der Waals surface area contributed by atoms with Gasteiger partial charge in [-0.25, -0.2) is 0 Å². The summed E-state index contributed by atoms with van der Waals surface area (Å²) < 4.78 is 37.6. The predicted octanol–water partition coefficient (Wildman–Crippen LogP) is 1.54. The summed E-state index contributed by atoms with van der Waals surface area (Å²) in [5.74, 6) is -1.78. The minimum atomic E-state index is -4.87. The number of hydrogen-bond donors (Lipinski definition) is 2. The van der Waals surface area contributed by atoms with Crippen LogP contribution < -0.4 is 5.32 Å². The molecule has 92 valence electrons. The number of carbonyl (C=O) groups is 1. The number of amides is 1. The average molecular weight is 245 g/mol. The van der Waals surface area contributed by atoms with Gasteiger partial charge >= 0.3 is 6.18 Å². The van der Waals surface area contributed by atoms with Crippen molar-refractivity contribution in [1.29, 1.82) is 0 Å². The molecule has 2 atom stereocenters. The van der Waals surface area contributed by atoms with Crippen LogP contribution in [0.5, 0.6) is 0 Å². The highest BCUT2D eigenvalue weighted by molar-refractivity contribution is 5.86. The highest BCUT2D eigenvalue weighted by Crippen LogP contribution is 2.41. The van der Waals surface area contributed by atoms with Crippen LogP contribution in [0.1, 0.15) is 17.9 Å². The van der Waals surface area contributed by atoms with E-state index in [4.69, 9.17) is 0 Å². The van der Waals surface area contributed by atoms with Crippen molar-refractivity contribution in [3.05, 3.63) is 35.9 Å². The molecule has 1 aromatic carbocycles. The Morgan fingerprint density at radius 2 is 1.88 bits per heavy atom. The third-order valence-electron chi connectivity index (χ3n) is 2.82. The van der Waals surface area contributed by atoms with Gasteiger partial charge in [-0.15, -0.1) is 0 Å². The molecule has 1 aromatic rings. The first-order chi connectivity index (χ1) is 7.83. The first-order valence-corrected chi connectivity index (χ1v) is 4.99. The average Bonchev–Trinajstić information content (AvgIpc) is 2.56. The zero-order chi connectivity index (χ0) is 12.7. The summed E-state index contributed by atoms with van der Waals surface area (Å²) in [6, 6.07) is 8.09. The van der Waals surface area contributed by atoms with Crippen LogP contribution >= 0.6 is 0 Å². The minimum absolute atomic E-state index is 0.463. The van der Waals surface area contributed by atoms with E-state index in [1.54, 1.807) is 35.6 Å². The Morgan fingerprint density at radius 3 is 2.35 bits per heavy atom. The highest BCUT2D eigenvalue weighted by Gasteiger charge is 2.60. The second-order valence-electron chi connectivity index (χ2n) is 4.01. The molecule has 0 spiro atoms. The van der Waals surface area contributed by atoms with Gasteiger partial charge in [-0.1, -0.05) is 30.3 Å². The predicted molar refractivity (Wildman–Crippen MR) is 52.9 cm³/mol. The van der Waals surface area contributed by atoms with Gasteiger partial charge < -0.3 is 10.4 Å². The van der Waals surface area contributed by atoms with Crippen LogP contribution in [0.4, 0.5) is 13.2 Å². The maximum absolute atomic E-state index is 12.5. The lowest BCUT2D eigenvalue weighted by atomic mass is 9.94. The number of rotatable bonds is 1. The van der Waals surface area contributed by atoms with E-state index < -0.39 is 30.1 Å². The number of alkyl halides is 3. The van der Waals surface area contributed by atoms with Crippen molar-refractivity contribution < 1.29 is 23.1 Å². The van der Waals surface area contributed by atoms with Crippen LogP contribution in [0.25, 0.3) is 0 Å². The summed E-state index contributed by atoms with van der Waals surface area (Å²) in [5, 5.41) is 11.0. The maximum atomic E-state index is 12.5. The third kappa shape index (κ3) is 2.00. The van der Waals surface area contributed by atoms with Crippen molar-refractivity contribution >= 4 is 5.91 Å². The van der Waals surface area contributed by atoms with E-state index in [1.165, 1.54) is 0 Å². The second-order valence-corrected chi connectivity index (χ2v) is 4.01. The first kappa shape index (κ1) is 11.9. The summed E-state index contributed by atoms with van der Waals surface area (Å²) in [5.41, 5.74) is -2.66. The van der Waals surface area contributed by atoms with Crippen LogP contribution in [0.2, 0.25) is 0 Å². The van der Waals surface area contributed by atoms with Crippen molar-refractivity contribution in [3.63, 3.8) is 0 Å². The molecule has 0 radical (unpaired) electrons. The number of halogens is 3. The molecule has 2 unspecified atom stereocenters. The van der Waals surface area contributed by atoms with Gasteiger partial charge in [0.25, 0.3) is 0 Å². The SMILES string of the molecule is O=C1NC(O)(C(F)(F)F)CC1c1ccccc1. The van der Waals surface area contributed by atoms with Crippen LogP contribution in [-0.4, -0.2) is 22.9 Å². The van der Waals surface area contributed by atoms with Crippen molar-refractivity contribution in [2.75, 3.05) is 0 Å². The van der Waals surface area contributed by atoms with Crippen LogP contribution in [0.3, 0.4) is 0 Å². The van der Waals surface area contributed by atoms with Crippen molar-refractivity contribution in [3.8, 4) is 0 Å². The molecule has 0 aliphatic carbocycles. The summed E-state index contributed by atoms with van der Waals surface area (Å²) in [7, 11) is 0. The minimum Gasteiger partial charge on any atom is -0.363 e. The van der Waals surface area contributed by atoms with Crippen molar-refractivity contribution in [1.82, 2.24) is 5.32 Å². The molecule has 2 N–H and O–H groups in total. The molecule has 1 saturated heterocycles. The Hall–Kier alpha value is -1.56. The van der Waals surface area contributed by atoms with Gasteiger partial charge in [-0.05, 0) is 5.56 Å². The molecule has 1 fully saturated rings. The molecule has 17 heavy (non-hydrogen) atoms. The molecule has 3 nitrogen and oxygen atoms in total. The molecule has 1 heterocycles. The lowest BCUT2D eigenvalue weighted by Gasteiger charge is -2.25. The van der Waals surface area contributed by atoms with E-state index in [-0.39, 0.29) is 0 Å². The van der Waals surface area contributed by atoms with Gasteiger partial charge in [0.05, 0.1) is 5.92 Å². The van der Waals surface area contributed by atoms with E-state index in [0.717, 1.165) is 0 Å². The molecule has 0 bridgehead atoms. The van der Waals surface area contributed by atoms with Crippen molar-refractivity contribution in [2.45, 2.75) is 24.2 Å².